The minimum absolute atomic E-state index is 0.163. The number of aromatic nitrogens is 2. The second-order valence-electron chi connectivity index (χ2n) is 7.70. The molecule has 13 nitrogen and oxygen atoms in total. The highest BCUT2D eigenvalue weighted by molar-refractivity contribution is 8.13. The van der Waals surface area contributed by atoms with E-state index in [9.17, 15) is 14.7 Å². The first-order chi connectivity index (χ1) is 17.6. The smallest absolute Gasteiger partial charge is 0.337 e. The summed E-state index contributed by atoms with van der Waals surface area (Å²) in [6.07, 6.45) is 7.61. The molecule has 14 heteroatoms. The van der Waals surface area contributed by atoms with Crippen LogP contribution >= 0.6 is 11.8 Å². The van der Waals surface area contributed by atoms with Crippen molar-refractivity contribution in [1.82, 2.24) is 15.3 Å². The molecule has 1 atom stereocenters. The lowest BCUT2D eigenvalue weighted by atomic mass is 10.1. The third-order valence-corrected chi connectivity index (χ3v) is 5.28. The predicted molar refractivity (Wildman–Crippen MR) is 141 cm³/mol. The fraction of sp³-hybridized carbons (Fsp3) is 0.391. The molecule has 0 saturated heterocycles. The molecule has 0 aliphatic carbocycles. The van der Waals surface area contributed by atoms with Crippen molar-refractivity contribution in [2.45, 2.75) is 25.0 Å². The molecule has 1 unspecified atom stereocenters. The molecule has 2 aromatic heterocycles. The van der Waals surface area contributed by atoms with Gasteiger partial charge >= 0.3 is 11.9 Å². The summed E-state index contributed by atoms with van der Waals surface area (Å²) in [5, 5.41) is 46.1. The van der Waals surface area contributed by atoms with E-state index in [4.69, 9.17) is 32.2 Å². The number of hydrogen-bond acceptors (Lipinski definition) is 12. The van der Waals surface area contributed by atoms with Gasteiger partial charge in [-0.25, -0.2) is 9.59 Å². The number of β-amino-alcohol motifs (C(OH)–C–C–N with tert-alkyl or cyclic N) is 1. The van der Waals surface area contributed by atoms with Gasteiger partial charge in [-0.15, -0.1) is 11.8 Å². The number of carboxylic acids is 2. The number of nitrogens with two attached hydrogens (primary N) is 2. The van der Waals surface area contributed by atoms with Gasteiger partial charge in [0, 0.05) is 57.3 Å². The molecule has 0 aromatic carbocycles. The molecule has 1 aliphatic heterocycles. The summed E-state index contributed by atoms with van der Waals surface area (Å²) in [5.74, 6) is -1.23. The standard InChI is InChI=1S/C11H13N3O3.C9H10N2O2S.C3H10N2O/c15-9-5-13-10(14-6-9)2-7-1-8(11(16)17)4-12-3-7;1-14-8(10)3-6-2-7(9(12)13)5-11-4-6;4-1-3(6)2-5/h1,3-4,9,15H,2,5-6H2,(H,13,14)(H,16,17);2,4-5,10H,3H2,1H3,(H,12,13);3,6H,1-2,4-5H2. The molecule has 2 aromatic rings. The summed E-state index contributed by atoms with van der Waals surface area (Å²) in [4.78, 5) is 33.2. The number of nitrogens with one attached hydrogen (secondary N) is 2. The number of aliphatic hydroxyl groups excluding tert-OH is 2. The van der Waals surface area contributed by atoms with Gasteiger partial charge in [0.15, 0.2) is 0 Å². The van der Waals surface area contributed by atoms with E-state index in [-0.39, 0.29) is 24.2 Å². The summed E-state index contributed by atoms with van der Waals surface area (Å²) >= 11 is 1.34. The van der Waals surface area contributed by atoms with Gasteiger partial charge in [0.05, 0.1) is 34.9 Å². The van der Waals surface area contributed by atoms with Crippen LogP contribution in [0.25, 0.3) is 0 Å². The third kappa shape index (κ3) is 12.9. The lowest BCUT2D eigenvalue weighted by molar-refractivity contribution is 0.0685. The third-order valence-electron chi connectivity index (χ3n) is 4.65. The van der Waals surface area contributed by atoms with Crippen molar-refractivity contribution in [1.29, 1.82) is 5.41 Å². The van der Waals surface area contributed by atoms with Crippen molar-refractivity contribution in [2.24, 2.45) is 16.5 Å². The van der Waals surface area contributed by atoms with Crippen LogP contribution < -0.4 is 16.8 Å². The van der Waals surface area contributed by atoms with Crippen molar-refractivity contribution < 1.29 is 30.0 Å². The van der Waals surface area contributed by atoms with Crippen molar-refractivity contribution in [2.75, 3.05) is 32.4 Å². The fourth-order valence-corrected chi connectivity index (χ4v) is 2.95. The molecule has 0 fully saturated rings. The molecule has 0 spiro atoms. The zero-order chi connectivity index (χ0) is 27.8. The van der Waals surface area contributed by atoms with E-state index in [1.807, 2.05) is 6.26 Å². The average Bonchev–Trinajstić information content (AvgIpc) is 2.90. The van der Waals surface area contributed by atoms with Crippen molar-refractivity contribution in [3.63, 3.8) is 0 Å². The second kappa shape index (κ2) is 17.1. The predicted octanol–water partition coefficient (Wildman–Crippen LogP) is -0.388. The van der Waals surface area contributed by atoms with Gasteiger partial charge in [-0.3, -0.25) is 20.4 Å². The van der Waals surface area contributed by atoms with Crippen molar-refractivity contribution in [3.8, 4) is 0 Å². The van der Waals surface area contributed by atoms with Gasteiger partial charge in [-0.1, -0.05) is 0 Å². The molecule has 10 N–H and O–H groups in total. The molecular weight excluding hydrogens is 502 g/mol. The number of carbonyl (C=O) groups is 2. The molecule has 0 radical (unpaired) electrons. The molecule has 1 aliphatic rings. The van der Waals surface area contributed by atoms with Crippen LogP contribution in [0.3, 0.4) is 0 Å². The molecule has 3 heterocycles. The zero-order valence-electron chi connectivity index (χ0n) is 20.4. The number of hydrogen-bond donors (Lipinski definition) is 8. The van der Waals surface area contributed by atoms with Crippen LogP contribution in [0.1, 0.15) is 31.8 Å². The maximum absolute atomic E-state index is 10.8. The molecular formula is C23H33N7O6S. The normalized spacial score (nSPS) is 14.2. The SMILES string of the molecule is CSC(=N)Cc1cncc(C(=O)O)c1.NCC(O)CN.O=C(O)c1cncc(CC2=NCC(O)CN2)c1. The van der Waals surface area contributed by atoms with E-state index in [0.29, 0.717) is 31.0 Å². The monoisotopic (exact) mass is 535 g/mol. The van der Waals surface area contributed by atoms with Crippen molar-refractivity contribution in [3.05, 3.63) is 59.2 Å². The second-order valence-corrected chi connectivity index (χ2v) is 8.60. The van der Waals surface area contributed by atoms with Crippen LogP contribution in [-0.4, -0.2) is 97.9 Å². The molecule has 37 heavy (non-hydrogen) atoms. The Hall–Kier alpha value is -3.43. The summed E-state index contributed by atoms with van der Waals surface area (Å²) in [7, 11) is 0. The first-order valence-corrected chi connectivity index (χ1v) is 12.3. The lowest BCUT2D eigenvalue weighted by Crippen LogP contribution is -2.39. The molecule has 202 valence electrons. The number of rotatable bonds is 8. The Bertz CT molecular complexity index is 1070. The first-order valence-electron chi connectivity index (χ1n) is 11.1. The Balaban J connectivity index is 0.000000309. The maximum Gasteiger partial charge on any atom is 0.337 e. The molecule has 3 rings (SSSR count). The van der Waals surface area contributed by atoms with Crippen molar-refractivity contribution >= 4 is 34.6 Å². The van der Waals surface area contributed by atoms with Crippen LogP contribution in [0.4, 0.5) is 0 Å². The summed E-state index contributed by atoms with van der Waals surface area (Å²) < 4.78 is 0. The number of pyridine rings is 2. The minimum Gasteiger partial charge on any atom is -0.478 e. The fourth-order valence-electron chi connectivity index (χ4n) is 2.64. The Morgan fingerprint density at radius 1 is 1.08 bits per heavy atom. The van der Waals surface area contributed by atoms with Gasteiger partial charge in [0.1, 0.15) is 5.84 Å². The topological polar surface area (TPSA) is 241 Å². The van der Waals surface area contributed by atoms with E-state index >= 15 is 0 Å². The summed E-state index contributed by atoms with van der Waals surface area (Å²) in [6, 6.07) is 3.12. The Morgan fingerprint density at radius 3 is 2.05 bits per heavy atom. The number of carboxylic acid groups (broad SMARTS) is 2. The Labute approximate surface area is 218 Å². The summed E-state index contributed by atoms with van der Waals surface area (Å²) in [5.41, 5.74) is 11.8. The number of amidine groups is 1. The maximum atomic E-state index is 10.8. The molecule has 0 saturated carbocycles. The highest BCUT2D eigenvalue weighted by atomic mass is 32.2. The number of aliphatic imine (C=N–C) groups is 1. The minimum atomic E-state index is -0.992. The zero-order valence-corrected chi connectivity index (χ0v) is 21.2. The number of aliphatic hydroxyl groups is 2. The van der Waals surface area contributed by atoms with E-state index in [0.717, 1.165) is 17.0 Å². The van der Waals surface area contributed by atoms with E-state index in [1.165, 1.54) is 24.2 Å². The van der Waals surface area contributed by atoms with Crippen LogP contribution in [0.15, 0.2) is 41.9 Å². The largest absolute Gasteiger partial charge is 0.478 e. The first kappa shape index (κ1) is 31.6. The highest BCUT2D eigenvalue weighted by Crippen LogP contribution is 2.08. The molecule has 0 amide bonds. The van der Waals surface area contributed by atoms with Gasteiger partial charge in [-0.2, -0.15) is 0 Å². The Kier molecular flexibility index (Phi) is 14.6. The average molecular weight is 536 g/mol. The summed E-state index contributed by atoms with van der Waals surface area (Å²) in [6.45, 7) is 1.38. The van der Waals surface area contributed by atoms with Crippen LogP contribution in [-0.2, 0) is 12.8 Å². The number of aromatic carboxylic acids is 2. The van der Waals surface area contributed by atoms with Gasteiger partial charge < -0.3 is 37.2 Å². The van der Waals surface area contributed by atoms with Gasteiger partial charge in [0.25, 0.3) is 0 Å². The van der Waals surface area contributed by atoms with Crippen LogP contribution in [0.2, 0.25) is 0 Å². The highest BCUT2D eigenvalue weighted by Gasteiger charge is 2.13. The van der Waals surface area contributed by atoms with Gasteiger partial charge in [-0.05, 0) is 29.5 Å². The van der Waals surface area contributed by atoms with E-state index in [2.05, 4.69) is 20.3 Å². The molecule has 0 bridgehead atoms. The van der Waals surface area contributed by atoms with Crippen LogP contribution in [0, 0.1) is 5.41 Å². The quantitative estimate of drug-likeness (QED) is 0.159. The van der Waals surface area contributed by atoms with Gasteiger partial charge in [0.2, 0.25) is 0 Å². The number of nitrogens with zero attached hydrogens (tertiary/aromatic N) is 3. The Morgan fingerprint density at radius 2 is 1.62 bits per heavy atom. The lowest BCUT2D eigenvalue weighted by Gasteiger charge is -2.18. The van der Waals surface area contributed by atoms with E-state index in [1.54, 1.807) is 24.5 Å². The number of thioether (sulfide) groups is 1. The van der Waals surface area contributed by atoms with Crippen LogP contribution in [0.5, 0.6) is 0 Å². The van der Waals surface area contributed by atoms with E-state index < -0.39 is 24.1 Å².